The number of rotatable bonds is 7. The molecule has 1 N–H and O–H groups in total. The molecule has 2 aromatic rings. The largest absolute Gasteiger partial charge is 0.350 e. The van der Waals surface area contributed by atoms with Gasteiger partial charge in [-0.2, -0.15) is 0 Å². The second-order valence-corrected chi connectivity index (χ2v) is 9.71. The van der Waals surface area contributed by atoms with Crippen LogP contribution in [0.25, 0.3) is 10.9 Å². The summed E-state index contributed by atoms with van der Waals surface area (Å²) in [6, 6.07) is 5.38. The molecule has 0 aliphatic heterocycles. The molecule has 1 aromatic carbocycles. The Labute approximate surface area is 183 Å². The second-order valence-electron chi connectivity index (χ2n) is 7.85. The van der Waals surface area contributed by atoms with E-state index in [2.05, 4.69) is 26.2 Å². The summed E-state index contributed by atoms with van der Waals surface area (Å²) in [7, 11) is 1.59. The fourth-order valence-corrected chi connectivity index (χ4v) is 4.03. The third-order valence-electron chi connectivity index (χ3n) is 3.97. The van der Waals surface area contributed by atoms with Crippen molar-refractivity contribution < 1.29 is 9.59 Å². The second kappa shape index (κ2) is 9.75. The summed E-state index contributed by atoms with van der Waals surface area (Å²) in [6.07, 6.45) is 0.773. The van der Waals surface area contributed by atoms with Crippen molar-refractivity contribution in [3.8, 4) is 0 Å². The first kappa shape index (κ1) is 23.4. The molecule has 2 rings (SSSR count). The normalized spacial score (nSPS) is 11.5. The van der Waals surface area contributed by atoms with Gasteiger partial charge in [-0.3, -0.25) is 19.0 Å². The molecule has 0 bridgehead atoms. The summed E-state index contributed by atoms with van der Waals surface area (Å²) < 4.78 is 2.43. The molecule has 0 atom stereocenters. The summed E-state index contributed by atoms with van der Waals surface area (Å²) in [4.78, 5) is 43.4. The van der Waals surface area contributed by atoms with E-state index >= 15 is 0 Å². The number of hydrogen-bond acceptors (Lipinski definition) is 5. The van der Waals surface area contributed by atoms with Crippen molar-refractivity contribution in [2.24, 2.45) is 0 Å². The molecule has 1 aromatic heterocycles. The third-order valence-corrected chi connectivity index (χ3v) is 5.43. The Morgan fingerprint density at radius 3 is 2.62 bits per heavy atom. The summed E-state index contributed by atoms with van der Waals surface area (Å²) >= 11 is 4.60. The van der Waals surface area contributed by atoms with Crippen LogP contribution in [0, 0.1) is 0 Å². The number of carbonyl (C=O) groups excluding carboxylic acids is 2. The molecule has 0 spiro atoms. The zero-order valence-corrected chi connectivity index (χ0v) is 19.8. The van der Waals surface area contributed by atoms with Crippen molar-refractivity contribution >= 4 is 50.4 Å². The molecule has 0 saturated carbocycles. The van der Waals surface area contributed by atoms with Crippen LogP contribution < -0.4 is 10.9 Å². The van der Waals surface area contributed by atoms with Gasteiger partial charge < -0.3 is 10.2 Å². The molecule has 0 unspecified atom stereocenters. The maximum Gasteiger partial charge on any atom is 0.262 e. The molecule has 0 saturated heterocycles. The number of likely N-dealkylation sites (N-methyl/N-ethyl adjacent to an activating group) is 1. The summed E-state index contributed by atoms with van der Waals surface area (Å²) in [5.74, 6) is -0.319. The lowest BCUT2D eigenvalue weighted by Gasteiger charge is -2.23. The van der Waals surface area contributed by atoms with Gasteiger partial charge in [0.15, 0.2) is 5.16 Å². The molecular weight excluding hydrogens is 456 g/mol. The van der Waals surface area contributed by atoms with Gasteiger partial charge in [0.2, 0.25) is 11.8 Å². The lowest BCUT2D eigenvalue weighted by Crippen LogP contribution is -2.46. The van der Waals surface area contributed by atoms with Gasteiger partial charge in [-0.15, -0.1) is 0 Å². The van der Waals surface area contributed by atoms with Crippen LogP contribution in [0.1, 0.15) is 34.1 Å². The molecule has 0 aliphatic carbocycles. The standard InChI is InChI=1S/C20H27BrN4O3S/c1-6-9-25-18(28)14-10-13(21)7-8-15(14)22-19(25)29-12-17(27)24(5)11-16(26)23-20(2,3)4/h7-8,10H,6,9,11-12H2,1-5H3,(H,23,26). The van der Waals surface area contributed by atoms with Crippen LogP contribution >= 0.6 is 27.7 Å². The summed E-state index contributed by atoms with van der Waals surface area (Å²) in [5.41, 5.74) is 0.125. The molecule has 0 radical (unpaired) electrons. The van der Waals surface area contributed by atoms with Crippen LogP contribution in [0.3, 0.4) is 0 Å². The summed E-state index contributed by atoms with van der Waals surface area (Å²) in [6.45, 7) is 8.16. The number of hydrogen-bond donors (Lipinski definition) is 1. The number of fused-ring (bicyclic) bond motifs is 1. The SMILES string of the molecule is CCCn1c(SCC(=O)N(C)CC(=O)NC(C)(C)C)nc2ccc(Br)cc2c1=O. The number of halogens is 1. The highest BCUT2D eigenvalue weighted by molar-refractivity contribution is 9.10. The predicted molar refractivity (Wildman–Crippen MR) is 120 cm³/mol. The Morgan fingerprint density at radius 1 is 1.31 bits per heavy atom. The number of benzene rings is 1. The van der Waals surface area contributed by atoms with E-state index in [-0.39, 0.29) is 35.2 Å². The summed E-state index contributed by atoms with van der Waals surface area (Å²) in [5, 5.41) is 3.88. The van der Waals surface area contributed by atoms with Gasteiger partial charge in [0, 0.05) is 23.6 Å². The molecule has 7 nitrogen and oxygen atoms in total. The maximum absolute atomic E-state index is 12.9. The van der Waals surface area contributed by atoms with E-state index in [9.17, 15) is 14.4 Å². The molecule has 1 heterocycles. The van der Waals surface area contributed by atoms with Gasteiger partial charge in [0.1, 0.15) is 0 Å². The predicted octanol–water partition coefficient (Wildman–Crippen LogP) is 3.03. The van der Waals surface area contributed by atoms with Crippen LogP contribution in [0.15, 0.2) is 32.6 Å². The number of amides is 2. The Kier molecular flexibility index (Phi) is 7.87. The van der Waals surface area contributed by atoms with Crippen LogP contribution in [0.5, 0.6) is 0 Å². The van der Waals surface area contributed by atoms with Crippen LogP contribution in [0.4, 0.5) is 0 Å². The Bertz CT molecular complexity index is 969. The van der Waals surface area contributed by atoms with E-state index < -0.39 is 0 Å². The van der Waals surface area contributed by atoms with Crippen LogP contribution in [-0.2, 0) is 16.1 Å². The average Bonchev–Trinajstić information content (AvgIpc) is 2.61. The van der Waals surface area contributed by atoms with Crippen molar-refractivity contribution in [2.75, 3.05) is 19.3 Å². The zero-order chi connectivity index (χ0) is 21.8. The smallest absolute Gasteiger partial charge is 0.262 e. The van der Waals surface area contributed by atoms with E-state index in [1.165, 1.54) is 16.7 Å². The van der Waals surface area contributed by atoms with E-state index in [1.807, 2.05) is 33.8 Å². The van der Waals surface area contributed by atoms with Crippen LogP contribution in [-0.4, -0.2) is 51.1 Å². The Hall–Kier alpha value is -1.87. The average molecular weight is 483 g/mol. The minimum atomic E-state index is -0.351. The van der Waals surface area contributed by atoms with Crippen molar-refractivity contribution in [2.45, 2.75) is 51.4 Å². The van der Waals surface area contributed by atoms with E-state index in [1.54, 1.807) is 23.7 Å². The molecular formula is C20H27BrN4O3S. The number of nitrogens with one attached hydrogen (secondary N) is 1. The van der Waals surface area contributed by atoms with Gasteiger partial charge in [-0.25, -0.2) is 4.98 Å². The van der Waals surface area contributed by atoms with E-state index in [4.69, 9.17) is 0 Å². The minimum absolute atomic E-state index is 0.0163. The van der Waals surface area contributed by atoms with Gasteiger partial charge in [-0.05, 0) is 45.4 Å². The Morgan fingerprint density at radius 2 is 2.00 bits per heavy atom. The fraction of sp³-hybridized carbons (Fsp3) is 0.500. The number of thioether (sulfide) groups is 1. The molecule has 0 aliphatic rings. The molecule has 9 heteroatoms. The quantitative estimate of drug-likeness (QED) is 0.484. The van der Waals surface area contributed by atoms with E-state index in [0.717, 1.165) is 10.9 Å². The third kappa shape index (κ3) is 6.57. The van der Waals surface area contributed by atoms with Crippen molar-refractivity contribution in [1.29, 1.82) is 0 Å². The number of nitrogens with zero attached hydrogens (tertiary/aromatic N) is 3. The molecule has 29 heavy (non-hydrogen) atoms. The van der Waals surface area contributed by atoms with Crippen molar-refractivity contribution in [1.82, 2.24) is 19.8 Å². The van der Waals surface area contributed by atoms with E-state index in [0.29, 0.717) is 22.6 Å². The zero-order valence-electron chi connectivity index (χ0n) is 17.4. The highest BCUT2D eigenvalue weighted by atomic mass is 79.9. The number of carbonyl (C=O) groups is 2. The van der Waals surface area contributed by atoms with Gasteiger partial charge in [0.25, 0.3) is 5.56 Å². The first-order valence-corrected chi connectivity index (χ1v) is 11.2. The van der Waals surface area contributed by atoms with Gasteiger partial charge in [0.05, 0.1) is 23.2 Å². The lowest BCUT2D eigenvalue weighted by atomic mass is 10.1. The topological polar surface area (TPSA) is 84.3 Å². The molecule has 0 fully saturated rings. The monoisotopic (exact) mass is 482 g/mol. The molecule has 158 valence electrons. The highest BCUT2D eigenvalue weighted by Crippen LogP contribution is 2.21. The van der Waals surface area contributed by atoms with Crippen molar-refractivity contribution in [3.63, 3.8) is 0 Å². The van der Waals surface area contributed by atoms with Crippen LogP contribution in [0.2, 0.25) is 0 Å². The lowest BCUT2D eigenvalue weighted by molar-refractivity contribution is -0.133. The molecule has 2 amide bonds. The Balaban J connectivity index is 2.15. The number of aromatic nitrogens is 2. The highest BCUT2D eigenvalue weighted by Gasteiger charge is 2.19. The first-order chi connectivity index (χ1) is 13.5. The van der Waals surface area contributed by atoms with Gasteiger partial charge in [-0.1, -0.05) is 34.6 Å². The fourth-order valence-electron chi connectivity index (χ4n) is 2.70. The maximum atomic E-state index is 12.9. The van der Waals surface area contributed by atoms with Crippen molar-refractivity contribution in [3.05, 3.63) is 33.0 Å². The van der Waals surface area contributed by atoms with Gasteiger partial charge >= 0.3 is 0 Å². The minimum Gasteiger partial charge on any atom is -0.350 e. The first-order valence-electron chi connectivity index (χ1n) is 9.39.